The third kappa shape index (κ3) is 6.52. The van der Waals surface area contributed by atoms with Crippen molar-refractivity contribution >= 4 is 50.8 Å². The van der Waals surface area contributed by atoms with Crippen molar-refractivity contribution < 1.29 is 19.1 Å². The molecule has 0 amide bonds. The summed E-state index contributed by atoms with van der Waals surface area (Å²) in [6, 6.07) is 19.7. The first-order chi connectivity index (χ1) is 15.3. The first kappa shape index (κ1) is 23.7. The summed E-state index contributed by atoms with van der Waals surface area (Å²) in [6.45, 7) is 1.44. The second-order valence-corrected chi connectivity index (χ2v) is 8.51. The molecular formula is C25H21BrClNO4. The molecule has 0 spiro atoms. The fraction of sp³-hybridized carbons (Fsp3) is 0.160. The lowest BCUT2D eigenvalue weighted by molar-refractivity contribution is -0.143. The van der Waals surface area contributed by atoms with Gasteiger partial charge in [0, 0.05) is 32.7 Å². The Morgan fingerprint density at radius 3 is 2.25 bits per heavy atom. The van der Waals surface area contributed by atoms with Crippen LogP contribution in [0.4, 0.5) is 5.69 Å². The van der Waals surface area contributed by atoms with Crippen molar-refractivity contribution in [3.63, 3.8) is 0 Å². The molecule has 32 heavy (non-hydrogen) atoms. The molecule has 3 rings (SSSR count). The molecule has 0 aliphatic rings. The summed E-state index contributed by atoms with van der Waals surface area (Å²) >= 11 is 9.50. The number of ether oxygens (including phenoxy) is 1. The Labute approximate surface area is 199 Å². The van der Waals surface area contributed by atoms with Crippen molar-refractivity contribution in [2.75, 3.05) is 11.9 Å². The summed E-state index contributed by atoms with van der Waals surface area (Å²) < 4.78 is 6.10. The van der Waals surface area contributed by atoms with E-state index in [0.717, 1.165) is 10.0 Å². The van der Waals surface area contributed by atoms with Gasteiger partial charge in [-0.3, -0.25) is 9.59 Å². The summed E-state index contributed by atoms with van der Waals surface area (Å²) in [6.07, 6.45) is -0.138. The SMILES string of the molecule is Cc1ccc(N[C@H](CC(=O)c2ccccc2)C(=O)OCC(=O)c2ccc(Br)cc2)cc1Cl. The second-order valence-electron chi connectivity index (χ2n) is 7.19. The highest BCUT2D eigenvalue weighted by Crippen LogP contribution is 2.22. The van der Waals surface area contributed by atoms with Crippen LogP contribution in [0.2, 0.25) is 5.02 Å². The van der Waals surface area contributed by atoms with Gasteiger partial charge in [0.15, 0.2) is 18.2 Å². The molecule has 0 radical (unpaired) electrons. The molecule has 0 saturated heterocycles. The third-order valence-electron chi connectivity index (χ3n) is 4.79. The van der Waals surface area contributed by atoms with Crippen molar-refractivity contribution in [3.8, 4) is 0 Å². The molecule has 0 aliphatic carbocycles. The predicted molar refractivity (Wildman–Crippen MR) is 128 cm³/mol. The number of carbonyl (C=O) groups excluding carboxylic acids is 3. The van der Waals surface area contributed by atoms with Crippen molar-refractivity contribution in [2.45, 2.75) is 19.4 Å². The number of benzene rings is 3. The zero-order valence-corrected chi connectivity index (χ0v) is 19.7. The number of anilines is 1. The normalized spacial score (nSPS) is 11.5. The average Bonchev–Trinajstić information content (AvgIpc) is 2.80. The zero-order chi connectivity index (χ0) is 23.1. The van der Waals surface area contributed by atoms with E-state index in [2.05, 4.69) is 21.2 Å². The van der Waals surface area contributed by atoms with Crippen LogP contribution in [-0.4, -0.2) is 30.2 Å². The topological polar surface area (TPSA) is 72.5 Å². The van der Waals surface area contributed by atoms with Gasteiger partial charge < -0.3 is 10.1 Å². The molecule has 164 valence electrons. The molecule has 0 unspecified atom stereocenters. The molecule has 3 aromatic carbocycles. The first-order valence-electron chi connectivity index (χ1n) is 9.90. The van der Waals surface area contributed by atoms with Gasteiger partial charge in [0.05, 0.1) is 0 Å². The molecule has 0 aliphatic heterocycles. The number of nitrogens with one attached hydrogen (secondary N) is 1. The number of esters is 1. The smallest absolute Gasteiger partial charge is 0.329 e. The predicted octanol–water partition coefficient (Wildman–Crippen LogP) is 5.89. The van der Waals surface area contributed by atoms with Crippen molar-refractivity contribution in [1.29, 1.82) is 0 Å². The largest absolute Gasteiger partial charge is 0.456 e. The Balaban J connectivity index is 1.73. The molecular weight excluding hydrogens is 494 g/mol. The fourth-order valence-electron chi connectivity index (χ4n) is 2.96. The maximum absolute atomic E-state index is 12.8. The van der Waals surface area contributed by atoms with E-state index in [-0.39, 0.29) is 18.0 Å². The standard InChI is InChI=1S/C25H21BrClNO4/c1-16-7-12-20(13-21(16)27)28-22(14-23(29)17-5-3-2-4-6-17)25(31)32-15-24(30)18-8-10-19(26)11-9-18/h2-13,22,28H,14-15H2,1H3/t22-/m1/s1. The lowest BCUT2D eigenvalue weighted by atomic mass is 10.0. The number of hydrogen-bond donors (Lipinski definition) is 1. The Morgan fingerprint density at radius 1 is 0.938 bits per heavy atom. The van der Waals surface area contributed by atoms with Crippen LogP contribution in [0.25, 0.3) is 0 Å². The Morgan fingerprint density at radius 2 is 1.59 bits per heavy atom. The molecule has 0 aromatic heterocycles. The van der Waals surface area contributed by atoms with Crippen molar-refractivity contribution in [3.05, 3.63) is 99.0 Å². The van der Waals surface area contributed by atoms with Gasteiger partial charge in [-0.1, -0.05) is 76.1 Å². The van der Waals surface area contributed by atoms with Gasteiger partial charge in [-0.25, -0.2) is 4.79 Å². The van der Waals surface area contributed by atoms with Gasteiger partial charge in [-0.15, -0.1) is 0 Å². The molecule has 0 fully saturated rings. The molecule has 5 nitrogen and oxygen atoms in total. The monoisotopic (exact) mass is 513 g/mol. The van der Waals surface area contributed by atoms with E-state index in [1.54, 1.807) is 60.7 Å². The highest BCUT2D eigenvalue weighted by molar-refractivity contribution is 9.10. The lowest BCUT2D eigenvalue weighted by Crippen LogP contribution is -2.34. The summed E-state index contributed by atoms with van der Waals surface area (Å²) in [5.74, 6) is -1.26. The quantitative estimate of drug-likeness (QED) is 0.285. The van der Waals surface area contributed by atoms with Gasteiger partial charge in [0.1, 0.15) is 6.04 Å². The fourth-order valence-corrected chi connectivity index (χ4v) is 3.41. The lowest BCUT2D eigenvalue weighted by Gasteiger charge is -2.19. The molecule has 1 N–H and O–H groups in total. The maximum atomic E-state index is 12.8. The number of ketones is 2. The summed E-state index contributed by atoms with van der Waals surface area (Å²) in [7, 11) is 0. The van der Waals surface area contributed by atoms with E-state index < -0.39 is 18.6 Å². The van der Waals surface area contributed by atoms with E-state index in [0.29, 0.717) is 21.8 Å². The summed E-state index contributed by atoms with van der Waals surface area (Å²) in [4.78, 5) is 37.9. The molecule has 0 bridgehead atoms. The van der Waals surface area contributed by atoms with Crippen LogP contribution >= 0.6 is 27.5 Å². The van der Waals surface area contributed by atoms with Gasteiger partial charge in [-0.05, 0) is 36.8 Å². The first-order valence-corrected chi connectivity index (χ1v) is 11.1. The minimum absolute atomic E-state index is 0.138. The van der Waals surface area contributed by atoms with E-state index in [9.17, 15) is 14.4 Å². The van der Waals surface area contributed by atoms with Crippen LogP contribution < -0.4 is 5.32 Å². The van der Waals surface area contributed by atoms with Crippen LogP contribution in [0.15, 0.2) is 77.3 Å². The van der Waals surface area contributed by atoms with E-state index in [4.69, 9.17) is 16.3 Å². The van der Waals surface area contributed by atoms with Crippen LogP contribution in [0, 0.1) is 6.92 Å². The van der Waals surface area contributed by atoms with Gasteiger partial charge in [0.2, 0.25) is 0 Å². The van der Waals surface area contributed by atoms with Crippen molar-refractivity contribution in [1.82, 2.24) is 0 Å². The van der Waals surface area contributed by atoms with Crippen LogP contribution in [-0.2, 0) is 9.53 Å². The number of aryl methyl sites for hydroxylation is 1. The van der Waals surface area contributed by atoms with Gasteiger partial charge in [-0.2, -0.15) is 0 Å². The van der Waals surface area contributed by atoms with Crippen LogP contribution in [0.1, 0.15) is 32.7 Å². The molecule has 0 saturated carbocycles. The number of halogens is 2. The maximum Gasteiger partial charge on any atom is 0.329 e. The van der Waals surface area contributed by atoms with Gasteiger partial charge in [0.25, 0.3) is 0 Å². The van der Waals surface area contributed by atoms with Crippen LogP contribution in [0.3, 0.4) is 0 Å². The Kier molecular flexibility index (Phi) is 8.20. The minimum Gasteiger partial charge on any atom is -0.456 e. The number of hydrogen-bond acceptors (Lipinski definition) is 5. The van der Waals surface area contributed by atoms with Crippen LogP contribution in [0.5, 0.6) is 0 Å². The molecule has 0 heterocycles. The Bertz CT molecular complexity index is 1120. The van der Waals surface area contributed by atoms with E-state index in [1.807, 2.05) is 19.1 Å². The van der Waals surface area contributed by atoms with Crippen molar-refractivity contribution in [2.24, 2.45) is 0 Å². The molecule has 7 heteroatoms. The highest BCUT2D eigenvalue weighted by Gasteiger charge is 2.25. The Hall–Kier alpha value is -2.96. The molecule has 1 atom stereocenters. The number of Topliss-reactive ketones (excluding diaryl/α,β-unsaturated/α-hetero) is 2. The number of carbonyl (C=O) groups is 3. The zero-order valence-electron chi connectivity index (χ0n) is 17.3. The third-order valence-corrected chi connectivity index (χ3v) is 5.73. The minimum atomic E-state index is -0.987. The van der Waals surface area contributed by atoms with E-state index in [1.165, 1.54) is 0 Å². The van der Waals surface area contributed by atoms with Gasteiger partial charge >= 0.3 is 5.97 Å². The van der Waals surface area contributed by atoms with E-state index >= 15 is 0 Å². The second kappa shape index (κ2) is 11.1. The summed E-state index contributed by atoms with van der Waals surface area (Å²) in [5, 5.41) is 3.55. The molecule has 3 aromatic rings. The summed E-state index contributed by atoms with van der Waals surface area (Å²) in [5.41, 5.74) is 2.37. The average molecular weight is 515 g/mol. The number of rotatable bonds is 9. The highest BCUT2D eigenvalue weighted by atomic mass is 79.9.